The van der Waals surface area contributed by atoms with E-state index >= 15 is 0 Å². The zero-order valence-corrected chi connectivity index (χ0v) is 11.0. The fourth-order valence-corrected chi connectivity index (χ4v) is 3.19. The van der Waals surface area contributed by atoms with Gasteiger partial charge in [-0.25, -0.2) is 4.79 Å². The van der Waals surface area contributed by atoms with Crippen LogP contribution in [0.4, 0.5) is 0 Å². The lowest BCUT2D eigenvalue weighted by molar-refractivity contribution is -0.143. The minimum Gasteiger partial charge on any atom is -0.481 e. The van der Waals surface area contributed by atoms with Gasteiger partial charge in [0.25, 0.3) is 0 Å². The fourth-order valence-electron chi connectivity index (χ4n) is 3.19. The number of imidazole rings is 1. The van der Waals surface area contributed by atoms with Gasteiger partial charge in [-0.15, -0.1) is 0 Å². The number of hydrogen-bond acceptors (Lipinski definition) is 2. The largest absolute Gasteiger partial charge is 0.481 e. The molecule has 0 atom stereocenters. The molecule has 0 unspecified atom stereocenters. The van der Waals surface area contributed by atoms with E-state index in [1.165, 1.54) is 0 Å². The second kappa shape index (κ2) is 4.67. The third-order valence-corrected chi connectivity index (χ3v) is 4.20. The van der Waals surface area contributed by atoms with Crippen LogP contribution in [0.25, 0.3) is 11.3 Å². The number of aromatic amines is 2. The summed E-state index contributed by atoms with van der Waals surface area (Å²) in [7, 11) is 0. The minimum atomic E-state index is -0.829. The molecule has 0 radical (unpaired) electrons. The fraction of sp³-hybridized carbons (Fsp3) is 0.333. The Hall–Kier alpha value is -2.30. The molecule has 0 bridgehead atoms. The Morgan fingerprint density at radius 2 is 1.90 bits per heavy atom. The summed E-state index contributed by atoms with van der Waals surface area (Å²) in [6, 6.07) is 7.43. The molecule has 1 aromatic heterocycles. The summed E-state index contributed by atoms with van der Waals surface area (Å²) in [6.45, 7) is 0. The van der Waals surface area contributed by atoms with Crippen molar-refractivity contribution in [2.24, 2.45) is 0 Å². The zero-order valence-electron chi connectivity index (χ0n) is 11.0. The van der Waals surface area contributed by atoms with Crippen molar-refractivity contribution < 1.29 is 9.90 Å². The first-order valence-corrected chi connectivity index (χ1v) is 6.74. The SMILES string of the molecule is O=C(O)C1(c2ccccc2-c2c[nH]c(=O)[nH]2)CCCC1. The molecule has 1 heterocycles. The van der Waals surface area contributed by atoms with Crippen molar-refractivity contribution in [3.05, 3.63) is 46.5 Å². The van der Waals surface area contributed by atoms with Gasteiger partial charge in [0, 0.05) is 11.8 Å². The number of H-pyrrole nitrogens is 2. The Kier molecular flexibility index (Phi) is 2.97. The standard InChI is InChI=1S/C15H16N2O3/c18-13(19)15(7-3-4-8-15)11-6-2-1-5-10(11)12-9-16-14(20)17-12/h1-2,5-6,9H,3-4,7-8H2,(H,18,19)(H2,16,17,20). The summed E-state index contributed by atoms with van der Waals surface area (Å²) in [5.74, 6) is -0.777. The van der Waals surface area contributed by atoms with Crippen molar-refractivity contribution >= 4 is 5.97 Å². The Labute approximate surface area is 115 Å². The number of carboxylic acid groups (broad SMARTS) is 1. The van der Waals surface area contributed by atoms with Crippen LogP contribution in [-0.4, -0.2) is 21.0 Å². The second-order valence-corrected chi connectivity index (χ2v) is 5.30. The second-order valence-electron chi connectivity index (χ2n) is 5.30. The molecule has 1 aliphatic rings. The highest BCUT2D eigenvalue weighted by molar-refractivity contribution is 5.85. The van der Waals surface area contributed by atoms with Crippen molar-refractivity contribution in [2.75, 3.05) is 0 Å². The van der Waals surface area contributed by atoms with Crippen LogP contribution < -0.4 is 5.69 Å². The molecule has 0 aliphatic heterocycles. The molecule has 3 N–H and O–H groups in total. The van der Waals surface area contributed by atoms with Crippen LogP contribution in [0.2, 0.25) is 0 Å². The summed E-state index contributed by atoms with van der Waals surface area (Å²) in [4.78, 5) is 28.4. The zero-order chi connectivity index (χ0) is 14.2. The van der Waals surface area contributed by atoms with E-state index in [-0.39, 0.29) is 5.69 Å². The molecule has 5 heteroatoms. The van der Waals surface area contributed by atoms with Crippen LogP contribution in [-0.2, 0) is 10.2 Å². The van der Waals surface area contributed by atoms with Gasteiger partial charge in [0.05, 0.1) is 11.1 Å². The first kappa shape index (κ1) is 12.7. The molecule has 3 rings (SSSR count). The maximum atomic E-state index is 11.8. The first-order valence-electron chi connectivity index (χ1n) is 6.74. The normalized spacial score (nSPS) is 17.2. The molecule has 0 spiro atoms. The van der Waals surface area contributed by atoms with Crippen LogP contribution in [0.3, 0.4) is 0 Å². The molecule has 1 aliphatic carbocycles. The van der Waals surface area contributed by atoms with Gasteiger partial charge in [0.1, 0.15) is 0 Å². The average Bonchev–Trinajstić information content (AvgIpc) is 3.08. The van der Waals surface area contributed by atoms with Gasteiger partial charge in [-0.1, -0.05) is 37.1 Å². The molecule has 1 saturated carbocycles. The molecule has 5 nitrogen and oxygen atoms in total. The van der Waals surface area contributed by atoms with Crippen LogP contribution in [0, 0.1) is 0 Å². The number of aromatic nitrogens is 2. The molecular formula is C15H16N2O3. The molecule has 1 aromatic carbocycles. The molecule has 2 aromatic rings. The van der Waals surface area contributed by atoms with Crippen molar-refractivity contribution in [3.63, 3.8) is 0 Å². The summed E-state index contributed by atoms with van der Waals surface area (Å²) in [5, 5.41) is 9.71. The third kappa shape index (κ3) is 1.86. The van der Waals surface area contributed by atoms with E-state index in [4.69, 9.17) is 0 Å². The lowest BCUT2D eigenvalue weighted by Crippen LogP contribution is -2.33. The van der Waals surface area contributed by atoms with Gasteiger partial charge in [0.2, 0.25) is 0 Å². The Bertz CT molecular complexity index is 693. The predicted octanol–water partition coefficient (Wildman–Crippen LogP) is 2.27. The number of hydrogen-bond donors (Lipinski definition) is 3. The summed E-state index contributed by atoms with van der Waals surface area (Å²) in [5.41, 5.74) is 1.10. The predicted molar refractivity (Wildman–Crippen MR) is 74.6 cm³/mol. The van der Waals surface area contributed by atoms with E-state index in [9.17, 15) is 14.7 Å². The number of carbonyl (C=O) groups is 1. The smallest absolute Gasteiger partial charge is 0.323 e. The summed E-state index contributed by atoms with van der Waals surface area (Å²) < 4.78 is 0. The maximum absolute atomic E-state index is 11.8. The lowest BCUT2D eigenvalue weighted by Gasteiger charge is -2.26. The van der Waals surface area contributed by atoms with Crippen molar-refractivity contribution in [1.82, 2.24) is 9.97 Å². The van der Waals surface area contributed by atoms with Crippen LogP contribution >= 0.6 is 0 Å². The highest BCUT2D eigenvalue weighted by atomic mass is 16.4. The highest BCUT2D eigenvalue weighted by Crippen LogP contribution is 2.44. The van der Waals surface area contributed by atoms with Crippen LogP contribution in [0.1, 0.15) is 31.2 Å². The van der Waals surface area contributed by atoms with E-state index < -0.39 is 11.4 Å². The number of rotatable bonds is 3. The van der Waals surface area contributed by atoms with Gasteiger partial charge in [-0.2, -0.15) is 0 Å². The van der Waals surface area contributed by atoms with Gasteiger partial charge in [0.15, 0.2) is 0 Å². The van der Waals surface area contributed by atoms with Crippen molar-refractivity contribution in [3.8, 4) is 11.3 Å². The first-order chi connectivity index (χ1) is 9.63. The quantitative estimate of drug-likeness (QED) is 0.801. The van der Waals surface area contributed by atoms with Gasteiger partial charge >= 0.3 is 11.7 Å². The van der Waals surface area contributed by atoms with E-state index in [1.54, 1.807) is 6.20 Å². The molecule has 104 valence electrons. The Morgan fingerprint density at radius 1 is 1.20 bits per heavy atom. The van der Waals surface area contributed by atoms with E-state index in [0.29, 0.717) is 18.5 Å². The van der Waals surface area contributed by atoms with Crippen LogP contribution in [0.5, 0.6) is 0 Å². The monoisotopic (exact) mass is 272 g/mol. The van der Waals surface area contributed by atoms with E-state index in [0.717, 1.165) is 24.0 Å². The molecule has 20 heavy (non-hydrogen) atoms. The Morgan fingerprint density at radius 3 is 2.50 bits per heavy atom. The molecule has 1 fully saturated rings. The van der Waals surface area contributed by atoms with E-state index in [2.05, 4.69) is 9.97 Å². The van der Waals surface area contributed by atoms with Gasteiger partial charge < -0.3 is 15.1 Å². The minimum absolute atomic E-state index is 0.286. The van der Waals surface area contributed by atoms with E-state index in [1.807, 2.05) is 24.3 Å². The van der Waals surface area contributed by atoms with Crippen molar-refractivity contribution in [2.45, 2.75) is 31.1 Å². The average molecular weight is 272 g/mol. The summed E-state index contributed by atoms with van der Waals surface area (Å²) in [6.07, 6.45) is 4.72. The number of aliphatic carboxylic acids is 1. The molecule has 0 saturated heterocycles. The number of nitrogens with one attached hydrogen (secondary N) is 2. The number of carboxylic acids is 1. The highest BCUT2D eigenvalue weighted by Gasteiger charge is 2.44. The Balaban J connectivity index is 2.19. The third-order valence-electron chi connectivity index (χ3n) is 4.20. The van der Waals surface area contributed by atoms with Gasteiger partial charge in [-0.05, 0) is 18.4 Å². The number of benzene rings is 1. The van der Waals surface area contributed by atoms with Gasteiger partial charge in [-0.3, -0.25) is 4.79 Å². The molecular weight excluding hydrogens is 256 g/mol. The maximum Gasteiger partial charge on any atom is 0.323 e. The summed E-state index contributed by atoms with van der Waals surface area (Å²) >= 11 is 0. The van der Waals surface area contributed by atoms with Crippen molar-refractivity contribution in [1.29, 1.82) is 0 Å². The lowest BCUT2D eigenvalue weighted by atomic mass is 9.76. The van der Waals surface area contributed by atoms with Crippen LogP contribution in [0.15, 0.2) is 35.3 Å². The molecule has 0 amide bonds. The topological polar surface area (TPSA) is 85.9 Å².